The van der Waals surface area contributed by atoms with Crippen LogP contribution in [0.15, 0.2) is 97.2 Å². The van der Waals surface area contributed by atoms with Crippen LogP contribution in [-0.4, -0.2) is 37.2 Å². The average Bonchev–Trinajstić information content (AvgIpc) is 3.41. The molecule has 6 nitrogen and oxygen atoms in total. The van der Waals surface area contributed by atoms with Crippen molar-refractivity contribution in [1.82, 2.24) is 0 Å². The van der Waals surface area contributed by atoms with E-state index in [1.807, 2.05) is 0 Å². The molecule has 1 atom stereocenters. The number of ether oxygens (including phenoxy) is 3. The molecule has 0 fully saturated rings. The van der Waals surface area contributed by atoms with Gasteiger partial charge in [0.05, 0.1) is 0 Å². The van der Waals surface area contributed by atoms with Crippen molar-refractivity contribution in [2.45, 2.75) is 309 Å². The van der Waals surface area contributed by atoms with Crippen LogP contribution in [0.4, 0.5) is 0 Å². The Labute approximate surface area is 464 Å². The third-order valence-corrected chi connectivity index (χ3v) is 13.6. The molecule has 0 aromatic carbocycles. The molecule has 6 heteroatoms. The molecule has 0 aromatic heterocycles. The Morgan fingerprint density at radius 2 is 0.520 bits per heavy atom. The number of unbranched alkanes of at least 4 members (excludes halogenated alkanes) is 30. The van der Waals surface area contributed by atoms with Crippen molar-refractivity contribution in [2.24, 2.45) is 0 Å². The molecule has 0 rings (SSSR count). The quantitative estimate of drug-likeness (QED) is 0.0261. The van der Waals surface area contributed by atoms with Crippen molar-refractivity contribution in [3.05, 3.63) is 97.2 Å². The first kappa shape index (κ1) is 71.3. The number of esters is 3. The summed E-state index contributed by atoms with van der Waals surface area (Å²) in [6.45, 7) is 6.50. The highest BCUT2D eigenvalue weighted by Gasteiger charge is 2.19. The second-order valence-corrected chi connectivity index (χ2v) is 21.0. The first-order chi connectivity index (χ1) is 37.0. The molecule has 0 aliphatic rings. The smallest absolute Gasteiger partial charge is 0.306 e. The molecule has 0 aliphatic heterocycles. The molecule has 0 heterocycles. The molecule has 75 heavy (non-hydrogen) atoms. The van der Waals surface area contributed by atoms with Crippen LogP contribution < -0.4 is 0 Å². The van der Waals surface area contributed by atoms with Gasteiger partial charge in [0.2, 0.25) is 0 Å². The van der Waals surface area contributed by atoms with Crippen LogP contribution in [0.25, 0.3) is 0 Å². The van der Waals surface area contributed by atoms with E-state index in [0.717, 1.165) is 122 Å². The number of allylic oxidation sites excluding steroid dienone is 16. The summed E-state index contributed by atoms with van der Waals surface area (Å²) in [5, 5.41) is 0. The molecule has 0 saturated heterocycles. The van der Waals surface area contributed by atoms with Gasteiger partial charge in [0.25, 0.3) is 0 Å². The van der Waals surface area contributed by atoms with E-state index < -0.39 is 6.10 Å². The van der Waals surface area contributed by atoms with Crippen LogP contribution in [-0.2, 0) is 28.6 Å². The molecular formula is C69H118O6. The molecule has 430 valence electrons. The van der Waals surface area contributed by atoms with Crippen LogP contribution in [0.5, 0.6) is 0 Å². The Kier molecular flexibility index (Phi) is 59.8. The summed E-state index contributed by atoms with van der Waals surface area (Å²) >= 11 is 0. The highest BCUT2D eigenvalue weighted by molar-refractivity contribution is 5.71. The van der Waals surface area contributed by atoms with E-state index in [1.54, 1.807) is 0 Å². The van der Waals surface area contributed by atoms with Gasteiger partial charge in [-0.2, -0.15) is 0 Å². The van der Waals surface area contributed by atoms with E-state index in [2.05, 4.69) is 118 Å². The van der Waals surface area contributed by atoms with Crippen LogP contribution in [0.2, 0.25) is 0 Å². The first-order valence-electron chi connectivity index (χ1n) is 31.7. The van der Waals surface area contributed by atoms with Gasteiger partial charge in [-0.15, -0.1) is 0 Å². The zero-order valence-corrected chi connectivity index (χ0v) is 49.3. The van der Waals surface area contributed by atoms with Crippen LogP contribution >= 0.6 is 0 Å². The molecule has 0 aliphatic carbocycles. The van der Waals surface area contributed by atoms with Gasteiger partial charge in [-0.3, -0.25) is 14.4 Å². The number of hydrogen-bond donors (Lipinski definition) is 0. The predicted molar refractivity (Wildman–Crippen MR) is 325 cm³/mol. The third kappa shape index (κ3) is 61.1. The fraction of sp³-hybridized carbons (Fsp3) is 0.725. The van der Waals surface area contributed by atoms with E-state index in [4.69, 9.17) is 14.2 Å². The van der Waals surface area contributed by atoms with Gasteiger partial charge in [-0.05, 0) is 83.5 Å². The summed E-state index contributed by atoms with van der Waals surface area (Å²) in [5.74, 6) is -0.903. The van der Waals surface area contributed by atoms with Gasteiger partial charge in [0.1, 0.15) is 13.2 Å². The Hall–Kier alpha value is -3.67. The lowest BCUT2D eigenvalue weighted by atomic mass is 10.0. The number of hydrogen-bond acceptors (Lipinski definition) is 6. The number of carbonyl (C=O) groups is 3. The standard InChI is InChI=1S/C69H118O6/c1-4-7-10-13-16-19-21-23-25-27-29-31-32-33-34-35-36-37-38-39-41-42-44-46-48-50-53-56-59-62-68(71)74-65-66(64-73-67(70)61-58-55-52-18-15-12-9-6-3)75-69(72)63-60-57-54-51-49-47-45-43-40-30-28-26-24-22-20-17-14-11-8-5-2/h7,10,16,19,23,25,29,31,33-34,36-37,39,41,44,46,66H,4-6,8-9,11-15,17-18,20-22,24,26-28,30,32,35,38,40,42-43,45,47-65H2,1-3H3/b10-7-,19-16-,25-23-,31-29-,34-33-,37-36-,41-39-,46-44-. The molecule has 0 N–H and O–H groups in total. The highest BCUT2D eigenvalue weighted by Crippen LogP contribution is 2.17. The molecule has 0 saturated carbocycles. The summed E-state index contributed by atoms with van der Waals surface area (Å²) in [5.41, 5.74) is 0. The molecule has 0 bridgehead atoms. The van der Waals surface area contributed by atoms with Crippen LogP contribution in [0.1, 0.15) is 303 Å². The Balaban J connectivity index is 4.24. The Bertz CT molecular complexity index is 1480. The van der Waals surface area contributed by atoms with E-state index >= 15 is 0 Å². The monoisotopic (exact) mass is 1040 g/mol. The summed E-state index contributed by atoms with van der Waals surface area (Å²) in [7, 11) is 0. The molecule has 0 aromatic rings. The van der Waals surface area contributed by atoms with Crippen molar-refractivity contribution in [3.63, 3.8) is 0 Å². The topological polar surface area (TPSA) is 78.9 Å². The maximum Gasteiger partial charge on any atom is 0.306 e. The van der Waals surface area contributed by atoms with Gasteiger partial charge in [-0.1, -0.05) is 298 Å². The van der Waals surface area contributed by atoms with E-state index in [9.17, 15) is 14.4 Å². The van der Waals surface area contributed by atoms with Crippen LogP contribution in [0, 0.1) is 0 Å². The van der Waals surface area contributed by atoms with Crippen molar-refractivity contribution >= 4 is 17.9 Å². The molecule has 0 radical (unpaired) electrons. The Morgan fingerprint density at radius 1 is 0.280 bits per heavy atom. The zero-order valence-electron chi connectivity index (χ0n) is 49.3. The maximum atomic E-state index is 12.9. The molecule has 0 spiro atoms. The van der Waals surface area contributed by atoms with Crippen molar-refractivity contribution in [2.75, 3.05) is 13.2 Å². The molecule has 1 unspecified atom stereocenters. The minimum atomic E-state index is -0.785. The zero-order chi connectivity index (χ0) is 54.3. The van der Waals surface area contributed by atoms with Crippen LogP contribution in [0.3, 0.4) is 0 Å². The average molecular weight is 1040 g/mol. The van der Waals surface area contributed by atoms with Gasteiger partial charge >= 0.3 is 17.9 Å². The summed E-state index contributed by atoms with van der Waals surface area (Å²) in [4.78, 5) is 38.1. The summed E-state index contributed by atoms with van der Waals surface area (Å²) in [6.07, 6.45) is 84.3. The maximum absolute atomic E-state index is 12.9. The largest absolute Gasteiger partial charge is 0.462 e. The summed E-state index contributed by atoms with van der Waals surface area (Å²) < 4.78 is 16.8. The lowest BCUT2D eigenvalue weighted by Crippen LogP contribution is -2.30. The second-order valence-electron chi connectivity index (χ2n) is 21.0. The fourth-order valence-corrected chi connectivity index (χ4v) is 8.87. The lowest BCUT2D eigenvalue weighted by molar-refractivity contribution is -0.167. The predicted octanol–water partition coefficient (Wildman–Crippen LogP) is 21.7. The van der Waals surface area contributed by atoms with E-state index in [1.165, 1.54) is 141 Å². The first-order valence-corrected chi connectivity index (χ1v) is 31.7. The van der Waals surface area contributed by atoms with Crippen molar-refractivity contribution in [1.29, 1.82) is 0 Å². The Morgan fingerprint density at radius 3 is 0.813 bits per heavy atom. The van der Waals surface area contributed by atoms with Gasteiger partial charge in [0, 0.05) is 19.3 Å². The van der Waals surface area contributed by atoms with Gasteiger partial charge in [0.15, 0.2) is 6.10 Å². The van der Waals surface area contributed by atoms with E-state index in [-0.39, 0.29) is 31.1 Å². The van der Waals surface area contributed by atoms with Gasteiger partial charge < -0.3 is 14.2 Å². The number of carbonyl (C=O) groups excluding carboxylic acids is 3. The number of rotatable bonds is 57. The lowest BCUT2D eigenvalue weighted by Gasteiger charge is -2.18. The minimum absolute atomic E-state index is 0.0824. The van der Waals surface area contributed by atoms with Gasteiger partial charge in [-0.25, -0.2) is 0 Å². The highest BCUT2D eigenvalue weighted by atomic mass is 16.6. The molecular weight excluding hydrogens is 925 g/mol. The minimum Gasteiger partial charge on any atom is -0.462 e. The van der Waals surface area contributed by atoms with Crippen molar-refractivity contribution < 1.29 is 28.6 Å². The normalized spacial score (nSPS) is 12.7. The SMILES string of the molecule is CC/C=C\C/C=C\C/C=C\C/C=C\C/C=C\C/C=C\C/C=C\C/C=C\CCCCCCC(=O)OCC(COC(=O)CCCCCCCCCC)OC(=O)CCCCCCCCCCCCCCCCCCCCCC. The summed E-state index contributed by atoms with van der Waals surface area (Å²) in [6, 6.07) is 0. The van der Waals surface area contributed by atoms with Crippen molar-refractivity contribution in [3.8, 4) is 0 Å². The fourth-order valence-electron chi connectivity index (χ4n) is 8.87. The molecule has 0 amide bonds. The van der Waals surface area contributed by atoms with E-state index in [0.29, 0.717) is 19.3 Å². The second kappa shape index (κ2) is 62.9. The third-order valence-electron chi connectivity index (χ3n) is 13.6.